The summed E-state index contributed by atoms with van der Waals surface area (Å²) in [4.78, 5) is 4.14. The van der Waals surface area contributed by atoms with Crippen LogP contribution in [0.25, 0.3) is 98.1 Å². The Kier molecular flexibility index (Phi) is 6.02. The molecule has 0 saturated carbocycles. The van der Waals surface area contributed by atoms with Gasteiger partial charge in [-0.25, -0.2) is 4.85 Å². The van der Waals surface area contributed by atoms with Crippen LogP contribution >= 0.6 is 0 Å². The van der Waals surface area contributed by atoms with Crippen molar-refractivity contribution in [3.05, 3.63) is 181 Å². The van der Waals surface area contributed by atoms with Crippen LogP contribution in [0.4, 0.5) is 5.69 Å². The second-order valence-electron chi connectivity index (χ2n) is 13.5. The molecule has 0 amide bonds. The predicted molar refractivity (Wildman–Crippen MR) is 218 cm³/mol. The highest BCUT2D eigenvalue weighted by atomic mass is 15.0. The van der Waals surface area contributed by atoms with Gasteiger partial charge in [-0.1, -0.05) is 103 Å². The first-order valence-electron chi connectivity index (χ1n) is 17.6. The van der Waals surface area contributed by atoms with Gasteiger partial charge in [0.2, 0.25) is 5.69 Å². The van der Waals surface area contributed by atoms with E-state index in [0.29, 0.717) is 22.6 Å². The molecule has 0 N–H and O–H groups in total. The molecule has 0 aliphatic rings. The second-order valence-corrected chi connectivity index (χ2v) is 13.5. The van der Waals surface area contributed by atoms with Crippen molar-refractivity contribution in [2.24, 2.45) is 0 Å². The molecule has 0 aliphatic carbocycles. The van der Waals surface area contributed by atoms with Crippen molar-refractivity contribution in [3.63, 3.8) is 0 Å². The zero-order valence-electron chi connectivity index (χ0n) is 28.3. The lowest BCUT2D eigenvalue weighted by molar-refractivity contribution is 1.14. The van der Waals surface area contributed by atoms with Crippen LogP contribution in [-0.2, 0) is 0 Å². The lowest BCUT2D eigenvalue weighted by Gasteiger charge is -2.16. The Morgan fingerprint density at radius 1 is 0.434 bits per heavy atom. The Morgan fingerprint density at radius 2 is 1.00 bits per heavy atom. The fourth-order valence-corrected chi connectivity index (χ4v) is 8.65. The number of hydrogen-bond donors (Lipinski definition) is 0. The molecule has 5 nitrogen and oxygen atoms in total. The van der Waals surface area contributed by atoms with Gasteiger partial charge in [0.05, 0.1) is 56.6 Å². The van der Waals surface area contributed by atoms with Crippen molar-refractivity contribution in [2.45, 2.75) is 0 Å². The Morgan fingerprint density at radius 3 is 1.70 bits per heavy atom. The summed E-state index contributed by atoms with van der Waals surface area (Å²) in [5, 5.41) is 20.0. The van der Waals surface area contributed by atoms with Crippen molar-refractivity contribution in [2.75, 3.05) is 0 Å². The minimum atomic E-state index is 0.472. The number of nitriles is 1. The van der Waals surface area contributed by atoms with E-state index in [1.54, 1.807) is 0 Å². The highest BCUT2D eigenvalue weighted by Gasteiger charge is 2.23. The molecule has 0 bridgehead atoms. The summed E-state index contributed by atoms with van der Waals surface area (Å²) >= 11 is 0. The molecule has 11 aromatic rings. The maximum absolute atomic E-state index is 10.9. The van der Waals surface area contributed by atoms with Crippen molar-refractivity contribution in [3.8, 4) is 23.1 Å². The summed E-state index contributed by atoms with van der Waals surface area (Å²) in [6.45, 7) is 8.52. The normalized spacial score (nSPS) is 11.7. The van der Waals surface area contributed by atoms with Gasteiger partial charge < -0.3 is 13.7 Å². The summed E-state index contributed by atoms with van der Waals surface area (Å²) in [7, 11) is 0. The SMILES string of the molecule is [C-]#[N+]c1cc(-n2c3ccccc3c3cc4c5ccccc5n(-c5ccccc5)c4cc32)c(C#N)cc1-n1c2ccccc2c2c3ccccc3ccc21. The number of benzene rings is 8. The van der Waals surface area contributed by atoms with E-state index >= 15 is 0 Å². The Hall–Kier alpha value is -7.60. The van der Waals surface area contributed by atoms with E-state index in [4.69, 9.17) is 6.57 Å². The van der Waals surface area contributed by atoms with Gasteiger partial charge in [0.1, 0.15) is 6.07 Å². The minimum absolute atomic E-state index is 0.472. The molecule has 3 heterocycles. The quantitative estimate of drug-likeness (QED) is 0.172. The first-order valence-corrected chi connectivity index (χ1v) is 17.6. The average Bonchev–Trinajstić information content (AvgIpc) is 3.85. The molecule has 8 aromatic carbocycles. The molecule has 0 spiro atoms. The number of rotatable bonds is 3. The Balaban J connectivity index is 1.24. The smallest absolute Gasteiger partial charge is 0.212 e. The molecule has 0 unspecified atom stereocenters. The molecule has 0 atom stereocenters. The maximum Gasteiger partial charge on any atom is 0.212 e. The number of nitrogens with zero attached hydrogens (tertiary/aromatic N) is 5. The highest BCUT2D eigenvalue weighted by molar-refractivity contribution is 6.22. The molecule has 0 radical (unpaired) electrons. The fourth-order valence-electron chi connectivity index (χ4n) is 8.65. The van der Waals surface area contributed by atoms with E-state index in [2.05, 4.69) is 158 Å². The predicted octanol–water partition coefficient (Wildman–Crippen LogP) is 12.6. The van der Waals surface area contributed by atoms with Gasteiger partial charge in [0, 0.05) is 38.0 Å². The molecule has 53 heavy (non-hydrogen) atoms. The molecule has 3 aromatic heterocycles. The standard InChI is InChI=1S/C48H27N5/c1-50-39-27-44(31(29-49)25-47(39)52-42-22-12-9-19-36(42)48-33-16-6-5-13-30(33)23-24-43(48)52)53-41-21-11-8-18-35(41)38-26-37-34-17-7-10-20-40(34)51(45(37)28-46(38)53)32-14-3-2-4-15-32/h2-28H. The zero-order chi connectivity index (χ0) is 35.2. The van der Waals surface area contributed by atoms with Gasteiger partial charge in [-0.05, 0) is 71.4 Å². The van der Waals surface area contributed by atoms with Crippen LogP contribution in [0.15, 0.2) is 164 Å². The molecular formula is C48H27N5. The molecule has 0 fully saturated rings. The van der Waals surface area contributed by atoms with Crippen LogP contribution < -0.4 is 0 Å². The molecular weight excluding hydrogens is 647 g/mol. The third kappa shape index (κ3) is 3.99. The molecule has 11 rings (SSSR count). The first-order chi connectivity index (χ1) is 26.2. The number of para-hydroxylation sites is 4. The maximum atomic E-state index is 10.9. The van der Waals surface area contributed by atoms with Crippen molar-refractivity contribution in [1.29, 1.82) is 5.26 Å². The van der Waals surface area contributed by atoms with Crippen LogP contribution in [0.2, 0.25) is 0 Å². The monoisotopic (exact) mass is 673 g/mol. The van der Waals surface area contributed by atoms with E-state index in [1.165, 1.54) is 5.39 Å². The molecule has 0 saturated heterocycles. The van der Waals surface area contributed by atoms with E-state index in [1.807, 2.05) is 30.3 Å². The van der Waals surface area contributed by atoms with Crippen LogP contribution in [0, 0.1) is 17.9 Å². The van der Waals surface area contributed by atoms with Crippen LogP contribution in [-0.4, -0.2) is 13.7 Å². The average molecular weight is 674 g/mol. The Bertz CT molecular complexity index is 3420. The van der Waals surface area contributed by atoms with E-state index < -0.39 is 0 Å². The molecule has 5 heteroatoms. The third-order valence-electron chi connectivity index (χ3n) is 10.9. The topological polar surface area (TPSA) is 42.9 Å². The lowest BCUT2D eigenvalue weighted by atomic mass is 10.0. The van der Waals surface area contributed by atoms with Crippen LogP contribution in [0.3, 0.4) is 0 Å². The van der Waals surface area contributed by atoms with E-state index in [0.717, 1.165) is 76.5 Å². The van der Waals surface area contributed by atoms with Gasteiger partial charge in [0.15, 0.2) is 0 Å². The van der Waals surface area contributed by atoms with Gasteiger partial charge in [0.25, 0.3) is 0 Å². The van der Waals surface area contributed by atoms with Crippen LogP contribution in [0.1, 0.15) is 5.56 Å². The van der Waals surface area contributed by atoms with Crippen molar-refractivity contribution < 1.29 is 0 Å². The second kappa shape index (κ2) is 10.9. The number of hydrogen-bond acceptors (Lipinski definition) is 1. The minimum Gasteiger partial charge on any atom is -0.319 e. The van der Waals surface area contributed by atoms with Gasteiger partial charge in [-0.15, -0.1) is 0 Å². The molecule has 0 aliphatic heterocycles. The summed E-state index contributed by atoms with van der Waals surface area (Å²) in [5.41, 5.74) is 9.57. The summed E-state index contributed by atoms with van der Waals surface area (Å²) in [6.07, 6.45) is 0. The highest BCUT2D eigenvalue weighted by Crippen LogP contribution is 2.43. The summed E-state index contributed by atoms with van der Waals surface area (Å²) in [6, 6.07) is 59.3. The summed E-state index contributed by atoms with van der Waals surface area (Å²) < 4.78 is 6.65. The zero-order valence-corrected chi connectivity index (χ0v) is 28.3. The molecule has 244 valence electrons. The number of fused-ring (bicyclic) bond motifs is 11. The van der Waals surface area contributed by atoms with Gasteiger partial charge >= 0.3 is 0 Å². The third-order valence-corrected chi connectivity index (χ3v) is 10.9. The fraction of sp³-hybridized carbons (Fsp3) is 0. The van der Waals surface area contributed by atoms with E-state index in [9.17, 15) is 5.26 Å². The van der Waals surface area contributed by atoms with Crippen molar-refractivity contribution in [1.82, 2.24) is 13.7 Å². The van der Waals surface area contributed by atoms with Crippen LogP contribution in [0.5, 0.6) is 0 Å². The largest absolute Gasteiger partial charge is 0.319 e. The first kappa shape index (κ1) is 29.2. The van der Waals surface area contributed by atoms with Crippen molar-refractivity contribution >= 4 is 81.9 Å². The van der Waals surface area contributed by atoms with Gasteiger partial charge in [-0.2, -0.15) is 5.26 Å². The Labute approximate surface area is 303 Å². The van der Waals surface area contributed by atoms with E-state index in [-0.39, 0.29) is 0 Å². The lowest BCUT2D eigenvalue weighted by Crippen LogP contribution is -2.02. The van der Waals surface area contributed by atoms with Gasteiger partial charge in [-0.3, -0.25) is 0 Å². The summed E-state index contributed by atoms with van der Waals surface area (Å²) in [5.74, 6) is 0. The number of aromatic nitrogens is 3.